The molecule has 1 aliphatic carbocycles. The van der Waals surface area contributed by atoms with Gasteiger partial charge in [-0.3, -0.25) is 0 Å². The van der Waals surface area contributed by atoms with E-state index in [2.05, 4.69) is 19.1 Å². The van der Waals surface area contributed by atoms with Crippen LogP contribution in [0.5, 0.6) is 11.5 Å². The quantitative estimate of drug-likeness (QED) is 0.618. The highest BCUT2D eigenvalue weighted by Gasteiger charge is 2.24. The summed E-state index contributed by atoms with van der Waals surface area (Å²) < 4.78 is 5.88. The predicted molar refractivity (Wildman–Crippen MR) is 111 cm³/mol. The minimum absolute atomic E-state index is 0.480. The van der Waals surface area contributed by atoms with E-state index in [4.69, 9.17) is 16.2 Å². The summed E-state index contributed by atoms with van der Waals surface area (Å²) in [5, 5.41) is 9.65. The van der Waals surface area contributed by atoms with Gasteiger partial charge in [0.2, 0.25) is 0 Å². The molecule has 1 aliphatic rings. The van der Waals surface area contributed by atoms with Gasteiger partial charge in [0.15, 0.2) is 0 Å². The average molecular weight is 364 g/mol. The van der Waals surface area contributed by atoms with Crippen molar-refractivity contribution in [3.8, 4) is 17.6 Å². The Morgan fingerprint density at radius 3 is 2.52 bits per heavy atom. The molecule has 4 N–H and O–H groups in total. The van der Waals surface area contributed by atoms with Crippen molar-refractivity contribution in [1.82, 2.24) is 0 Å². The summed E-state index contributed by atoms with van der Waals surface area (Å²) in [6, 6.07) is 13.4. The molecule has 1 fully saturated rings. The fourth-order valence-electron chi connectivity index (χ4n) is 4.09. The normalized spacial score (nSPS) is 19.4. The fourth-order valence-corrected chi connectivity index (χ4v) is 4.09. The molecule has 142 valence electrons. The Kier molecular flexibility index (Phi) is 6.24. The second-order valence-electron chi connectivity index (χ2n) is 7.62. The molecule has 4 nitrogen and oxygen atoms in total. The van der Waals surface area contributed by atoms with Crippen LogP contribution in [0.1, 0.15) is 68.9 Å². The zero-order valence-electron chi connectivity index (χ0n) is 16.1. The molecule has 27 heavy (non-hydrogen) atoms. The first kappa shape index (κ1) is 19.1. The van der Waals surface area contributed by atoms with E-state index in [9.17, 15) is 5.26 Å². The maximum Gasteiger partial charge on any atom is 0.150 e. The van der Waals surface area contributed by atoms with Crippen LogP contribution in [0, 0.1) is 17.2 Å². The number of nitrogens with two attached hydrogens (primary N) is 2. The number of ether oxygens (including phenoxy) is 1. The SMILES string of the molecule is CCCCC1CCC(c2ccc(Oc3ccc(N)cc3N)cc2C#N)CC1. The van der Waals surface area contributed by atoms with Gasteiger partial charge in [0.05, 0.1) is 17.3 Å². The molecular weight excluding hydrogens is 334 g/mol. The average Bonchev–Trinajstić information content (AvgIpc) is 2.69. The van der Waals surface area contributed by atoms with Crippen LogP contribution >= 0.6 is 0 Å². The Morgan fingerprint density at radius 1 is 1.07 bits per heavy atom. The lowest BCUT2D eigenvalue weighted by molar-refractivity contribution is 0.304. The third kappa shape index (κ3) is 4.74. The molecule has 0 aromatic heterocycles. The molecule has 0 unspecified atom stereocenters. The number of unbranched alkanes of at least 4 members (excludes halogenated alkanes) is 1. The molecule has 1 saturated carbocycles. The van der Waals surface area contributed by atoms with E-state index in [-0.39, 0.29) is 0 Å². The maximum absolute atomic E-state index is 9.65. The van der Waals surface area contributed by atoms with Gasteiger partial charge in [-0.05, 0) is 73.4 Å². The van der Waals surface area contributed by atoms with Gasteiger partial charge in [-0.15, -0.1) is 0 Å². The minimum atomic E-state index is 0.480. The van der Waals surface area contributed by atoms with Crippen molar-refractivity contribution in [2.45, 2.75) is 57.8 Å². The van der Waals surface area contributed by atoms with Gasteiger partial charge in [0, 0.05) is 5.69 Å². The van der Waals surface area contributed by atoms with Crippen molar-refractivity contribution in [3.63, 3.8) is 0 Å². The third-order valence-corrected chi connectivity index (χ3v) is 5.66. The van der Waals surface area contributed by atoms with E-state index in [0.717, 1.165) is 11.5 Å². The standard InChI is InChI=1S/C23H29N3O/c1-2-3-4-16-5-7-17(8-6-16)21-11-10-20(13-18(21)15-24)27-23-12-9-19(25)14-22(23)26/h9-14,16-17H,2-8,25-26H2,1H3. The highest BCUT2D eigenvalue weighted by Crippen LogP contribution is 2.40. The molecule has 0 bridgehead atoms. The van der Waals surface area contributed by atoms with Crippen molar-refractivity contribution in [2.24, 2.45) is 5.92 Å². The summed E-state index contributed by atoms with van der Waals surface area (Å²) in [5.41, 5.74) is 14.6. The molecule has 2 aromatic rings. The van der Waals surface area contributed by atoms with Crippen molar-refractivity contribution in [2.75, 3.05) is 11.5 Å². The second kappa shape index (κ2) is 8.81. The summed E-state index contributed by atoms with van der Waals surface area (Å²) in [4.78, 5) is 0. The van der Waals surface area contributed by atoms with Gasteiger partial charge in [0.1, 0.15) is 11.5 Å². The van der Waals surface area contributed by atoms with Crippen LogP contribution in [0.2, 0.25) is 0 Å². The minimum Gasteiger partial charge on any atom is -0.455 e. The monoisotopic (exact) mass is 363 g/mol. The molecule has 0 radical (unpaired) electrons. The Balaban J connectivity index is 1.71. The van der Waals surface area contributed by atoms with Crippen molar-refractivity contribution >= 4 is 11.4 Å². The lowest BCUT2D eigenvalue weighted by Gasteiger charge is -2.29. The second-order valence-corrected chi connectivity index (χ2v) is 7.62. The van der Waals surface area contributed by atoms with E-state index in [1.807, 2.05) is 12.1 Å². The first-order chi connectivity index (χ1) is 13.1. The first-order valence-electron chi connectivity index (χ1n) is 9.97. The van der Waals surface area contributed by atoms with Gasteiger partial charge < -0.3 is 16.2 Å². The van der Waals surface area contributed by atoms with Crippen LogP contribution in [0.3, 0.4) is 0 Å². The van der Waals surface area contributed by atoms with Crippen molar-refractivity contribution < 1.29 is 4.74 Å². The number of rotatable bonds is 6. The zero-order chi connectivity index (χ0) is 19.2. The van der Waals surface area contributed by atoms with Crippen LogP contribution < -0.4 is 16.2 Å². The van der Waals surface area contributed by atoms with Gasteiger partial charge in [-0.2, -0.15) is 5.26 Å². The topological polar surface area (TPSA) is 85.1 Å². The molecule has 0 spiro atoms. The number of anilines is 2. The van der Waals surface area contributed by atoms with E-state index in [0.29, 0.717) is 34.4 Å². The summed E-state index contributed by atoms with van der Waals surface area (Å²) in [7, 11) is 0. The maximum atomic E-state index is 9.65. The van der Waals surface area contributed by atoms with Gasteiger partial charge in [0.25, 0.3) is 0 Å². The number of nitriles is 1. The first-order valence-corrected chi connectivity index (χ1v) is 9.97. The Labute approximate surface area is 162 Å². The van der Waals surface area contributed by atoms with Crippen LogP contribution in [0.4, 0.5) is 11.4 Å². The van der Waals surface area contributed by atoms with Crippen LogP contribution in [-0.2, 0) is 0 Å². The van der Waals surface area contributed by atoms with Crippen LogP contribution in [-0.4, -0.2) is 0 Å². The smallest absolute Gasteiger partial charge is 0.150 e. The summed E-state index contributed by atoms with van der Waals surface area (Å²) >= 11 is 0. The summed E-state index contributed by atoms with van der Waals surface area (Å²) in [6.45, 7) is 2.26. The fraction of sp³-hybridized carbons (Fsp3) is 0.435. The van der Waals surface area contributed by atoms with Crippen LogP contribution in [0.15, 0.2) is 36.4 Å². The molecule has 2 aromatic carbocycles. The molecule has 0 saturated heterocycles. The number of nitrogen functional groups attached to an aromatic ring is 2. The summed E-state index contributed by atoms with van der Waals surface area (Å²) in [6.07, 6.45) is 8.86. The number of benzene rings is 2. The third-order valence-electron chi connectivity index (χ3n) is 5.66. The molecule has 0 amide bonds. The summed E-state index contributed by atoms with van der Waals surface area (Å²) in [5.74, 6) is 2.52. The van der Waals surface area contributed by atoms with Crippen LogP contribution in [0.25, 0.3) is 0 Å². The van der Waals surface area contributed by atoms with Crippen molar-refractivity contribution in [3.05, 3.63) is 47.5 Å². The lowest BCUT2D eigenvalue weighted by atomic mass is 9.76. The highest BCUT2D eigenvalue weighted by molar-refractivity contribution is 5.61. The number of hydrogen-bond acceptors (Lipinski definition) is 4. The molecule has 0 atom stereocenters. The Morgan fingerprint density at radius 2 is 1.85 bits per heavy atom. The Bertz CT molecular complexity index is 817. The van der Waals surface area contributed by atoms with Gasteiger partial charge >= 0.3 is 0 Å². The van der Waals surface area contributed by atoms with E-state index in [1.165, 1.54) is 44.9 Å². The molecule has 0 aliphatic heterocycles. The van der Waals surface area contributed by atoms with Gasteiger partial charge in [-0.25, -0.2) is 0 Å². The Hall–Kier alpha value is -2.67. The molecule has 0 heterocycles. The number of nitrogens with zero attached hydrogens (tertiary/aromatic N) is 1. The van der Waals surface area contributed by atoms with E-state index < -0.39 is 0 Å². The van der Waals surface area contributed by atoms with E-state index >= 15 is 0 Å². The molecule has 3 rings (SSSR count). The molecule has 4 heteroatoms. The largest absolute Gasteiger partial charge is 0.455 e. The lowest BCUT2D eigenvalue weighted by Crippen LogP contribution is -2.14. The number of hydrogen-bond donors (Lipinski definition) is 2. The predicted octanol–water partition coefficient (Wildman–Crippen LogP) is 5.98. The molecular formula is C23H29N3O. The highest BCUT2D eigenvalue weighted by atomic mass is 16.5. The van der Waals surface area contributed by atoms with Crippen molar-refractivity contribution in [1.29, 1.82) is 5.26 Å². The van der Waals surface area contributed by atoms with E-state index in [1.54, 1.807) is 18.2 Å². The van der Waals surface area contributed by atoms with Gasteiger partial charge in [-0.1, -0.05) is 32.3 Å². The zero-order valence-corrected chi connectivity index (χ0v) is 16.1.